The molecule has 0 aromatic heterocycles. The third kappa shape index (κ3) is 3.79. The maximum absolute atomic E-state index is 2.60. The molecule has 0 spiro atoms. The van der Waals surface area contributed by atoms with Crippen LogP contribution in [-0.4, -0.2) is 38.1 Å². The quantitative estimate of drug-likeness (QED) is 0.807. The summed E-state index contributed by atoms with van der Waals surface area (Å²) in [6, 6.07) is 7.87. The SMILES string of the molecule is CC(C)c1ccc(N2CCC(N(C)C)CC2)c(C(C)C)c1. The fourth-order valence-electron chi connectivity index (χ4n) is 3.31. The Bertz CT molecular complexity index is 455. The third-order valence-electron chi connectivity index (χ3n) is 4.88. The molecule has 21 heavy (non-hydrogen) atoms. The van der Waals surface area contributed by atoms with Gasteiger partial charge in [-0.25, -0.2) is 0 Å². The van der Waals surface area contributed by atoms with Gasteiger partial charge in [0.15, 0.2) is 0 Å². The number of nitrogens with zero attached hydrogens (tertiary/aromatic N) is 2. The van der Waals surface area contributed by atoms with Crippen molar-refractivity contribution >= 4 is 5.69 Å². The minimum absolute atomic E-state index is 0.588. The number of hydrogen-bond donors (Lipinski definition) is 0. The molecule has 118 valence electrons. The number of anilines is 1. The van der Waals surface area contributed by atoms with Gasteiger partial charge in [-0.3, -0.25) is 0 Å². The Hall–Kier alpha value is -1.02. The average Bonchev–Trinajstić information content (AvgIpc) is 2.46. The van der Waals surface area contributed by atoms with E-state index < -0.39 is 0 Å². The Morgan fingerprint density at radius 3 is 2.10 bits per heavy atom. The van der Waals surface area contributed by atoms with Crippen LogP contribution in [0.25, 0.3) is 0 Å². The number of rotatable bonds is 4. The van der Waals surface area contributed by atoms with Crippen molar-refractivity contribution in [3.8, 4) is 0 Å². The van der Waals surface area contributed by atoms with Crippen LogP contribution in [0.4, 0.5) is 5.69 Å². The van der Waals surface area contributed by atoms with Gasteiger partial charge in [0.25, 0.3) is 0 Å². The molecule has 1 saturated heterocycles. The van der Waals surface area contributed by atoms with E-state index in [4.69, 9.17) is 0 Å². The van der Waals surface area contributed by atoms with Gasteiger partial charge in [0, 0.05) is 24.8 Å². The van der Waals surface area contributed by atoms with Crippen molar-refractivity contribution < 1.29 is 0 Å². The molecular formula is C19H32N2. The van der Waals surface area contributed by atoms with Gasteiger partial charge in [-0.05, 0) is 56.0 Å². The molecule has 0 aliphatic carbocycles. The van der Waals surface area contributed by atoms with Crippen molar-refractivity contribution in [3.63, 3.8) is 0 Å². The molecule has 0 amide bonds. The van der Waals surface area contributed by atoms with Crippen molar-refractivity contribution in [2.45, 2.75) is 58.4 Å². The minimum atomic E-state index is 0.588. The maximum Gasteiger partial charge on any atom is 0.0401 e. The Balaban J connectivity index is 2.20. The van der Waals surface area contributed by atoms with Gasteiger partial charge in [0.05, 0.1) is 0 Å². The highest BCUT2D eigenvalue weighted by molar-refractivity contribution is 5.57. The van der Waals surface area contributed by atoms with Gasteiger partial charge in [-0.2, -0.15) is 0 Å². The summed E-state index contributed by atoms with van der Waals surface area (Å²) in [4.78, 5) is 4.97. The zero-order chi connectivity index (χ0) is 15.6. The van der Waals surface area contributed by atoms with Gasteiger partial charge in [-0.1, -0.05) is 39.8 Å². The second-order valence-corrected chi connectivity index (χ2v) is 7.31. The first-order valence-electron chi connectivity index (χ1n) is 8.45. The molecule has 1 heterocycles. The molecule has 0 atom stereocenters. The fraction of sp³-hybridized carbons (Fsp3) is 0.684. The molecule has 0 unspecified atom stereocenters. The zero-order valence-corrected chi connectivity index (χ0v) is 14.7. The second-order valence-electron chi connectivity index (χ2n) is 7.31. The first-order chi connectivity index (χ1) is 9.90. The summed E-state index contributed by atoms with van der Waals surface area (Å²) in [5.74, 6) is 1.20. The molecule has 2 heteroatoms. The van der Waals surface area contributed by atoms with Crippen molar-refractivity contribution in [3.05, 3.63) is 29.3 Å². The predicted molar refractivity (Wildman–Crippen MR) is 93.5 cm³/mol. The molecule has 2 rings (SSSR count). The molecule has 1 aliphatic heterocycles. The summed E-state index contributed by atoms with van der Waals surface area (Å²) >= 11 is 0. The lowest BCUT2D eigenvalue weighted by Crippen LogP contribution is -2.42. The van der Waals surface area contributed by atoms with E-state index in [-0.39, 0.29) is 0 Å². The lowest BCUT2D eigenvalue weighted by atomic mass is 9.92. The number of benzene rings is 1. The molecule has 0 bridgehead atoms. The lowest BCUT2D eigenvalue weighted by Gasteiger charge is -2.38. The Morgan fingerprint density at radius 2 is 1.62 bits per heavy atom. The summed E-state index contributed by atoms with van der Waals surface area (Å²) in [5.41, 5.74) is 4.45. The normalized spacial score (nSPS) is 17.3. The van der Waals surface area contributed by atoms with Crippen LogP contribution in [0.5, 0.6) is 0 Å². The van der Waals surface area contributed by atoms with Gasteiger partial charge in [-0.15, -0.1) is 0 Å². The molecule has 2 nitrogen and oxygen atoms in total. The smallest absolute Gasteiger partial charge is 0.0401 e. The van der Waals surface area contributed by atoms with Gasteiger partial charge < -0.3 is 9.80 Å². The lowest BCUT2D eigenvalue weighted by molar-refractivity contribution is 0.249. The van der Waals surface area contributed by atoms with Crippen molar-refractivity contribution in [1.82, 2.24) is 4.90 Å². The second kappa shape index (κ2) is 6.83. The summed E-state index contributed by atoms with van der Waals surface area (Å²) < 4.78 is 0. The molecule has 0 N–H and O–H groups in total. The maximum atomic E-state index is 2.60. The first-order valence-corrected chi connectivity index (χ1v) is 8.45. The van der Waals surface area contributed by atoms with Gasteiger partial charge >= 0.3 is 0 Å². The van der Waals surface area contributed by atoms with E-state index >= 15 is 0 Å². The average molecular weight is 288 g/mol. The molecule has 1 aromatic rings. The molecule has 0 radical (unpaired) electrons. The monoisotopic (exact) mass is 288 g/mol. The Kier molecular flexibility index (Phi) is 5.32. The molecular weight excluding hydrogens is 256 g/mol. The van der Waals surface area contributed by atoms with E-state index in [9.17, 15) is 0 Å². The zero-order valence-electron chi connectivity index (χ0n) is 14.7. The van der Waals surface area contributed by atoms with Crippen LogP contribution in [0.15, 0.2) is 18.2 Å². The Labute approximate surface area is 131 Å². The van der Waals surface area contributed by atoms with Crippen molar-refractivity contribution in [2.75, 3.05) is 32.1 Å². The predicted octanol–water partition coefficient (Wildman–Crippen LogP) is 4.46. The fourth-order valence-corrected chi connectivity index (χ4v) is 3.31. The summed E-state index contributed by atoms with van der Waals surface area (Å²) in [6.45, 7) is 11.6. The third-order valence-corrected chi connectivity index (χ3v) is 4.88. The van der Waals surface area contributed by atoms with Crippen molar-refractivity contribution in [2.24, 2.45) is 0 Å². The van der Waals surface area contributed by atoms with Crippen molar-refractivity contribution in [1.29, 1.82) is 0 Å². The van der Waals surface area contributed by atoms with Crippen LogP contribution in [-0.2, 0) is 0 Å². The standard InChI is InChI=1S/C19H32N2/c1-14(2)16-7-8-19(18(13-16)15(3)4)21-11-9-17(10-12-21)20(5)6/h7-8,13-15,17H,9-12H2,1-6H3. The highest BCUT2D eigenvalue weighted by Crippen LogP contribution is 2.32. The summed E-state index contributed by atoms with van der Waals surface area (Å²) in [6.07, 6.45) is 2.55. The highest BCUT2D eigenvalue weighted by atomic mass is 15.2. The van der Waals surface area contributed by atoms with Gasteiger partial charge in [0.1, 0.15) is 0 Å². The van der Waals surface area contributed by atoms with Crippen LogP contribution in [0, 0.1) is 0 Å². The van der Waals surface area contributed by atoms with Crippen LogP contribution in [0.2, 0.25) is 0 Å². The Morgan fingerprint density at radius 1 is 1.00 bits per heavy atom. The number of piperidine rings is 1. The molecule has 1 aliphatic rings. The van der Waals surface area contributed by atoms with Gasteiger partial charge in [0.2, 0.25) is 0 Å². The van der Waals surface area contributed by atoms with E-state index in [1.54, 1.807) is 0 Å². The highest BCUT2D eigenvalue weighted by Gasteiger charge is 2.23. The minimum Gasteiger partial charge on any atom is -0.371 e. The molecule has 1 fully saturated rings. The van der Waals surface area contributed by atoms with Crippen LogP contribution in [0.3, 0.4) is 0 Å². The van der Waals surface area contributed by atoms with Crippen LogP contribution in [0.1, 0.15) is 63.5 Å². The van der Waals surface area contributed by atoms with E-state index in [0.717, 1.165) is 6.04 Å². The van der Waals surface area contributed by atoms with E-state index in [2.05, 4.69) is 69.8 Å². The molecule has 0 saturated carbocycles. The van der Waals surface area contributed by atoms with E-state index in [1.165, 1.54) is 42.7 Å². The van der Waals surface area contributed by atoms with Crippen LogP contribution < -0.4 is 4.90 Å². The summed E-state index contributed by atoms with van der Waals surface area (Å²) in [5, 5.41) is 0. The summed E-state index contributed by atoms with van der Waals surface area (Å²) in [7, 11) is 4.41. The largest absolute Gasteiger partial charge is 0.371 e. The van der Waals surface area contributed by atoms with Crippen LogP contribution >= 0.6 is 0 Å². The molecule has 1 aromatic carbocycles. The first kappa shape index (κ1) is 16.4. The number of hydrogen-bond acceptors (Lipinski definition) is 2. The van der Waals surface area contributed by atoms with E-state index in [0.29, 0.717) is 11.8 Å². The van der Waals surface area contributed by atoms with E-state index in [1.807, 2.05) is 0 Å². The topological polar surface area (TPSA) is 6.48 Å².